The molecule has 0 radical (unpaired) electrons. The fourth-order valence-electron chi connectivity index (χ4n) is 2.25. The average molecular weight is 315 g/mol. The van der Waals surface area contributed by atoms with Gasteiger partial charge in [0.2, 0.25) is 0 Å². The zero-order valence-electron chi connectivity index (χ0n) is 10.9. The number of hydrogen-bond donors (Lipinski definition) is 1. The van der Waals surface area contributed by atoms with Crippen LogP contribution in [-0.4, -0.2) is 11.3 Å². The molecule has 1 heterocycles. The Bertz CT molecular complexity index is 800. The number of halogens is 1. The number of carbonyl (C=O) groups excluding carboxylic acids is 1. The topological polar surface area (TPSA) is 56.0 Å². The third kappa shape index (κ3) is 2.44. The van der Waals surface area contributed by atoms with E-state index in [0.717, 1.165) is 27.9 Å². The summed E-state index contributed by atoms with van der Waals surface area (Å²) in [6.07, 6.45) is 2.50. The maximum Gasteiger partial charge on any atom is 0.152 e. The van der Waals surface area contributed by atoms with Crippen molar-refractivity contribution < 1.29 is 4.79 Å². The molecular weight excluding hydrogens is 304 g/mol. The van der Waals surface area contributed by atoms with Gasteiger partial charge in [-0.2, -0.15) is 0 Å². The second-order valence-corrected chi connectivity index (χ2v) is 5.75. The van der Waals surface area contributed by atoms with Crippen LogP contribution in [0.1, 0.15) is 10.4 Å². The van der Waals surface area contributed by atoms with Crippen LogP contribution in [-0.2, 0) is 0 Å². The van der Waals surface area contributed by atoms with Crippen molar-refractivity contribution >= 4 is 34.9 Å². The van der Waals surface area contributed by atoms with Crippen LogP contribution in [0.25, 0.3) is 21.6 Å². The van der Waals surface area contributed by atoms with Crippen LogP contribution < -0.4 is 5.73 Å². The standard InChI is InChI=1S/C16H11ClN2OS/c17-13-4-2-1-3-11(13)12-6-5-10(8-20)16(18)15(12)14-7-19-9-21-14/h1-9H,18H2. The molecule has 1 aromatic heterocycles. The van der Waals surface area contributed by atoms with Gasteiger partial charge in [-0.05, 0) is 17.7 Å². The first-order valence-corrected chi connectivity index (χ1v) is 7.49. The summed E-state index contributed by atoms with van der Waals surface area (Å²) < 4.78 is 0. The molecular formula is C16H11ClN2OS. The number of hydrogen-bond acceptors (Lipinski definition) is 4. The Hall–Kier alpha value is -2.17. The predicted octanol–water partition coefficient (Wildman–Crippen LogP) is 4.53. The van der Waals surface area contributed by atoms with E-state index in [2.05, 4.69) is 4.98 Å². The molecule has 0 aliphatic heterocycles. The van der Waals surface area contributed by atoms with Gasteiger partial charge in [-0.15, -0.1) is 11.3 Å². The highest BCUT2D eigenvalue weighted by Gasteiger charge is 2.16. The first kappa shape index (κ1) is 13.8. The molecule has 0 bridgehead atoms. The lowest BCUT2D eigenvalue weighted by molar-refractivity contribution is 0.112. The van der Waals surface area contributed by atoms with E-state index < -0.39 is 0 Å². The number of rotatable bonds is 3. The molecule has 0 fully saturated rings. The molecule has 0 aliphatic carbocycles. The molecule has 3 rings (SSSR count). The number of thiazole rings is 1. The number of carbonyl (C=O) groups is 1. The second-order valence-electron chi connectivity index (χ2n) is 4.45. The van der Waals surface area contributed by atoms with Gasteiger partial charge >= 0.3 is 0 Å². The first-order chi connectivity index (χ1) is 10.2. The minimum atomic E-state index is 0.451. The van der Waals surface area contributed by atoms with Crippen LogP contribution in [0.2, 0.25) is 5.02 Å². The molecule has 0 amide bonds. The maximum atomic E-state index is 11.1. The number of nitrogens with zero attached hydrogens (tertiary/aromatic N) is 1. The van der Waals surface area contributed by atoms with Crippen molar-refractivity contribution in [1.29, 1.82) is 0 Å². The fourth-order valence-corrected chi connectivity index (χ4v) is 3.18. The fraction of sp³-hybridized carbons (Fsp3) is 0. The molecule has 21 heavy (non-hydrogen) atoms. The number of nitrogens with two attached hydrogens (primary N) is 1. The van der Waals surface area contributed by atoms with Crippen LogP contribution >= 0.6 is 22.9 Å². The van der Waals surface area contributed by atoms with E-state index in [4.69, 9.17) is 17.3 Å². The number of anilines is 1. The Labute approximate surface area is 131 Å². The van der Waals surface area contributed by atoms with E-state index in [1.807, 2.05) is 30.3 Å². The van der Waals surface area contributed by atoms with Crippen LogP contribution in [0.15, 0.2) is 48.1 Å². The Balaban J connectivity index is 2.34. The summed E-state index contributed by atoms with van der Waals surface area (Å²) in [6.45, 7) is 0. The highest BCUT2D eigenvalue weighted by Crippen LogP contribution is 2.41. The zero-order valence-corrected chi connectivity index (χ0v) is 12.5. The normalized spacial score (nSPS) is 10.5. The molecule has 3 nitrogen and oxygen atoms in total. The lowest BCUT2D eigenvalue weighted by Crippen LogP contribution is -1.98. The smallest absolute Gasteiger partial charge is 0.152 e. The summed E-state index contributed by atoms with van der Waals surface area (Å²) in [6, 6.07) is 11.1. The molecule has 0 saturated carbocycles. The van der Waals surface area contributed by atoms with E-state index >= 15 is 0 Å². The van der Waals surface area contributed by atoms with Gasteiger partial charge in [-0.25, -0.2) is 0 Å². The molecule has 5 heteroatoms. The molecule has 0 atom stereocenters. The lowest BCUT2D eigenvalue weighted by Gasteiger charge is -2.14. The van der Waals surface area contributed by atoms with E-state index in [0.29, 0.717) is 16.3 Å². The summed E-state index contributed by atoms with van der Waals surface area (Å²) in [4.78, 5) is 16.1. The van der Waals surface area contributed by atoms with Crippen molar-refractivity contribution in [2.45, 2.75) is 0 Å². The zero-order chi connectivity index (χ0) is 14.8. The molecule has 2 aromatic carbocycles. The quantitative estimate of drug-likeness (QED) is 0.571. The third-order valence-corrected chi connectivity index (χ3v) is 4.37. The van der Waals surface area contributed by atoms with Gasteiger partial charge in [0.05, 0.1) is 16.1 Å². The molecule has 0 aliphatic rings. The van der Waals surface area contributed by atoms with Crippen molar-refractivity contribution in [3.05, 3.63) is 58.7 Å². The molecule has 0 spiro atoms. The van der Waals surface area contributed by atoms with Crippen LogP contribution in [0, 0.1) is 0 Å². The number of aromatic nitrogens is 1. The van der Waals surface area contributed by atoms with Crippen molar-refractivity contribution in [3.63, 3.8) is 0 Å². The Morgan fingerprint density at radius 2 is 1.95 bits per heavy atom. The van der Waals surface area contributed by atoms with Gasteiger partial charge in [0.25, 0.3) is 0 Å². The predicted molar refractivity (Wildman–Crippen MR) is 87.8 cm³/mol. The van der Waals surface area contributed by atoms with Crippen molar-refractivity contribution in [2.24, 2.45) is 0 Å². The first-order valence-electron chi connectivity index (χ1n) is 6.23. The molecule has 104 valence electrons. The number of nitrogen functional groups attached to an aromatic ring is 1. The lowest BCUT2D eigenvalue weighted by atomic mass is 9.95. The number of aldehydes is 1. The molecule has 0 unspecified atom stereocenters. The van der Waals surface area contributed by atoms with Crippen LogP contribution in [0.5, 0.6) is 0 Å². The molecule has 0 saturated heterocycles. The van der Waals surface area contributed by atoms with Crippen molar-refractivity contribution in [2.75, 3.05) is 5.73 Å². The highest BCUT2D eigenvalue weighted by atomic mass is 35.5. The van der Waals surface area contributed by atoms with E-state index in [9.17, 15) is 4.79 Å². The average Bonchev–Trinajstić information content (AvgIpc) is 3.01. The maximum absolute atomic E-state index is 11.1. The summed E-state index contributed by atoms with van der Waals surface area (Å²) in [5.41, 5.74) is 11.4. The van der Waals surface area contributed by atoms with Gasteiger partial charge in [0.1, 0.15) is 0 Å². The van der Waals surface area contributed by atoms with Crippen molar-refractivity contribution in [1.82, 2.24) is 4.98 Å². The van der Waals surface area contributed by atoms with Crippen LogP contribution in [0.3, 0.4) is 0 Å². The van der Waals surface area contributed by atoms with Gasteiger partial charge in [0.15, 0.2) is 6.29 Å². The van der Waals surface area contributed by atoms with Crippen molar-refractivity contribution in [3.8, 4) is 21.6 Å². The molecule has 2 N–H and O–H groups in total. The van der Waals surface area contributed by atoms with Gasteiger partial charge < -0.3 is 5.73 Å². The summed E-state index contributed by atoms with van der Waals surface area (Å²) in [7, 11) is 0. The van der Waals surface area contributed by atoms with E-state index in [1.165, 1.54) is 11.3 Å². The van der Waals surface area contributed by atoms with E-state index in [-0.39, 0.29) is 0 Å². The monoisotopic (exact) mass is 314 g/mol. The largest absolute Gasteiger partial charge is 0.398 e. The minimum Gasteiger partial charge on any atom is -0.398 e. The second kappa shape index (κ2) is 5.68. The van der Waals surface area contributed by atoms with Gasteiger partial charge in [-0.3, -0.25) is 9.78 Å². The summed E-state index contributed by atoms with van der Waals surface area (Å²) in [5, 5.41) is 0.640. The Morgan fingerprint density at radius 1 is 1.14 bits per heavy atom. The Morgan fingerprint density at radius 3 is 2.62 bits per heavy atom. The Kier molecular flexibility index (Phi) is 3.73. The van der Waals surface area contributed by atoms with E-state index in [1.54, 1.807) is 17.8 Å². The summed E-state index contributed by atoms with van der Waals surface area (Å²) >= 11 is 7.77. The van der Waals surface area contributed by atoms with Gasteiger partial charge in [-0.1, -0.05) is 35.9 Å². The number of benzene rings is 2. The SMILES string of the molecule is Nc1c(C=O)ccc(-c2ccccc2Cl)c1-c1cncs1. The summed E-state index contributed by atoms with van der Waals surface area (Å²) in [5.74, 6) is 0. The molecule has 3 aromatic rings. The van der Waals surface area contributed by atoms with Crippen LogP contribution in [0.4, 0.5) is 5.69 Å². The highest BCUT2D eigenvalue weighted by molar-refractivity contribution is 7.13. The minimum absolute atomic E-state index is 0.451. The van der Waals surface area contributed by atoms with Gasteiger partial charge in [0, 0.05) is 27.9 Å². The third-order valence-electron chi connectivity index (χ3n) is 3.25.